The topological polar surface area (TPSA) is 107 Å². The van der Waals surface area contributed by atoms with E-state index < -0.39 is 0 Å². The molecule has 0 saturated heterocycles. The number of aryl methyl sites for hydroxylation is 2. The highest BCUT2D eigenvalue weighted by Crippen LogP contribution is 2.30. The molecular weight excluding hydrogens is 482 g/mol. The second kappa shape index (κ2) is 9.46. The van der Waals surface area contributed by atoms with Crippen LogP contribution in [0.15, 0.2) is 49.2 Å². The largest absolute Gasteiger partial charge is 0.475 e. The molecule has 184 valence electrons. The van der Waals surface area contributed by atoms with E-state index in [0.717, 1.165) is 0 Å². The van der Waals surface area contributed by atoms with Crippen LogP contribution in [0, 0.1) is 6.92 Å². The van der Waals surface area contributed by atoms with Gasteiger partial charge in [0.1, 0.15) is 6.61 Å². The third-order valence-electron chi connectivity index (χ3n) is 6.00. The summed E-state index contributed by atoms with van der Waals surface area (Å²) in [7, 11) is 1.76. The molecule has 0 fully saturated rings. The number of carbonyl (C=O) groups is 2. The molecule has 5 rings (SSSR count). The van der Waals surface area contributed by atoms with Gasteiger partial charge in [0.2, 0.25) is 17.7 Å². The fraction of sp³-hybridized carbons (Fsp3) is 0.240. The van der Waals surface area contributed by atoms with Crippen LogP contribution in [-0.4, -0.2) is 60.7 Å². The van der Waals surface area contributed by atoms with Gasteiger partial charge in [-0.2, -0.15) is 5.10 Å². The van der Waals surface area contributed by atoms with Crippen LogP contribution in [0.4, 0.5) is 5.95 Å². The molecule has 1 aliphatic heterocycles. The maximum absolute atomic E-state index is 13.4. The maximum atomic E-state index is 13.4. The number of amides is 2. The number of pyridine rings is 1. The van der Waals surface area contributed by atoms with Gasteiger partial charge in [-0.05, 0) is 37.3 Å². The van der Waals surface area contributed by atoms with Crippen molar-refractivity contribution in [2.24, 2.45) is 7.05 Å². The molecule has 10 nitrogen and oxygen atoms in total. The van der Waals surface area contributed by atoms with Gasteiger partial charge in [0, 0.05) is 31.4 Å². The van der Waals surface area contributed by atoms with E-state index in [1.807, 2.05) is 17.6 Å². The lowest BCUT2D eigenvalue weighted by molar-refractivity contribution is -0.126. The van der Waals surface area contributed by atoms with Crippen LogP contribution in [0.25, 0.3) is 22.3 Å². The molecule has 0 saturated carbocycles. The molecule has 0 aliphatic carbocycles. The number of para-hydroxylation sites is 1. The lowest BCUT2D eigenvalue weighted by Gasteiger charge is -2.22. The Bertz CT molecular complexity index is 1510. The Balaban J connectivity index is 1.65. The van der Waals surface area contributed by atoms with Crippen molar-refractivity contribution in [1.29, 1.82) is 0 Å². The number of benzene rings is 1. The summed E-state index contributed by atoms with van der Waals surface area (Å²) in [5.41, 5.74) is 3.58. The average molecular weight is 506 g/mol. The second-order valence-electron chi connectivity index (χ2n) is 8.40. The Morgan fingerprint density at radius 1 is 1.22 bits per heavy atom. The van der Waals surface area contributed by atoms with E-state index in [4.69, 9.17) is 16.3 Å². The fourth-order valence-electron chi connectivity index (χ4n) is 4.27. The third kappa shape index (κ3) is 4.31. The van der Waals surface area contributed by atoms with Gasteiger partial charge in [0.05, 0.1) is 40.1 Å². The molecule has 0 spiro atoms. The maximum Gasteiger partial charge on any atom is 0.258 e. The number of halogens is 1. The van der Waals surface area contributed by atoms with E-state index in [1.54, 1.807) is 47.1 Å². The zero-order chi connectivity index (χ0) is 25.4. The molecule has 4 heterocycles. The second-order valence-corrected chi connectivity index (χ2v) is 8.80. The van der Waals surface area contributed by atoms with Gasteiger partial charge in [-0.1, -0.05) is 24.2 Å². The number of rotatable bonds is 1. The zero-order valence-corrected chi connectivity index (χ0v) is 20.6. The van der Waals surface area contributed by atoms with Crippen molar-refractivity contribution < 1.29 is 14.3 Å². The Labute approximate surface area is 212 Å². The minimum absolute atomic E-state index is 0.222. The number of fused-ring (bicyclic) bond motifs is 7. The van der Waals surface area contributed by atoms with Crippen LogP contribution in [0.5, 0.6) is 5.88 Å². The molecule has 2 bridgehead atoms. The number of hydrogen-bond acceptors (Lipinski definition) is 6. The van der Waals surface area contributed by atoms with Crippen LogP contribution < -0.4 is 10.1 Å². The SMILES string of the molecule is C=CC(=O)N1CCOc2c(cnn2C)-c2cc(cc(C)n2)C(=O)Nc2nc3cccc(Cl)c3n2CC1. The van der Waals surface area contributed by atoms with Crippen LogP contribution in [-0.2, 0) is 18.4 Å². The van der Waals surface area contributed by atoms with Gasteiger partial charge in [-0.15, -0.1) is 0 Å². The van der Waals surface area contributed by atoms with Crippen molar-refractivity contribution >= 4 is 40.4 Å². The lowest BCUT2D eigenvalue weighted by Crippen LogP contribution is -2.36. The highest BCUT2D eigenvalue weighted by Gasteiger charge is 2.22. The minimum Gasteiger partial charge on any atom is -0.475 e. The third-order valence-corrected chi connectivity index (χ3v) is 6.30. The monoisotopic (exact) mass is 505 g/mol. The van der Waals surface area contributed by atoms with Crippen molar-refractivity contribution in [2.45, 2.75) is 13.5 Å². The van der Waals surface area contributed by atoms with Gasteiger partial charge in [-0.3, -0.25) is 19.9 Å². The van der Waals surface area contributed by atoms with Crippen molar-refractivity contribution in [3.05, 3.63) is 65.5 Å². The fourth-order valence-corrected chi connectivity index (χ4v) is 4.55. The molecule has 1 aromatic carbocycles. The van der Waals surface area contributed by atoms with Gasteiger partial charge in [0.15, 0.2) is 0 Å². The standard InChI is InChI=1S/C25H24ClN7O3/c1-4-21(34)32-8-9-33-22-18(26)6-5-7-19(22)29-25(33)30-23(35)16-12-15(2)28-20(13-16)17-14-27-31(3)24(17)36-11-10-32/h4-7,12-14H,1,8-11H2,2-3H3,(H,29,30,35). The Kier molecular flexibility index (Phi) is 6.19. The quantitative estimate of drug-likeness (QED) is 0.397. The Morgan fingerprint density at radius 2 is 2.06 bits per heavy atom. The van der Waals surface area contributed by atoms with Gasteiger partial charge < -0.3 is 14.2 Å². The minimum atomic E-state index is -0.352. The van der Waals surface area contributed by atoms with Gasteiger partial charge in [-0.25, -0.2) is 9.67 Å². The molecule has 11 heteroatoms. The molecule has 36 heavy (non-hydrogen) atoms. The molecule has 1 aliphatic rings. The van der Waals surface area contributed by atoms with E-state index in [9.17, 15) is 9.59 Å². The molecule has 1 N–H and O–H groups in total. The predicted octanol–water partition coefficient (Wildman–Crippen LogP) is 3.45. The van der Waals surface area contributed by atoms with Crippen molar-refractivity contribution in [1.82, 2.24) is 29.2 Å². The summed E-state index contributed by atoms with van der Waals surface area (Å²) in [5, 5.41) is 7.72. The highest BCUT2D eigenvalue weighted by molar-refractivity contribution is 6.35. The molecule has 0 unspecified atom stereocenters. The van der Waals surface area contributed by atoms with Gasteiger partial charge in [0.25, 0.3) is 5.91 Å². The van der Waals surface area contributed by atoms with Crippen LogP contribution in [0.2, 0.25) is 5.02 Å². The number of aromatic nitrogens is 5. The number of carbonyl (C=O) groups excluding carboxylic acids is 2. The van der Waals surface area contributed by atoms with E-state index in [1.165, 1.54) is 6.08 Å². The summed E-state index contributed by atoms with van der Waals surface area (Å²) < 4.78 is 9.47. The number of ether oxygens (including phenoxy) is 1. The van der Waals surface area contributed by atoms with Crippen molar-refractivity contribution in [2.75, 3.05) is 25.0 Å². The first-order valence-corrected chi connectivity index (χ1v) is 11.7. The molecule has 0 radical (unpaired) electrons. The smallest absolute Gasteiger partial charge is 0.258 e. The number of nitrogens with zero attached hydrogens (tertiary/aromatic N) is 6. The summed E-state index contributed by atoms with van der Waals surface area (Å²) in [4.78, 5) is 36.8. The van der Waals surface area contributed by atoms with E-state index in [-0.39, 0.29) is 18.4 Å². The molecule has 4 aromatic rings. The van der Waals surface area contributed by atoms with Crippen LogP contribution in [0.1, 0.15) is 16.1 Å². The number of imidazole rings is 1. The van der Waals surface area contributed by atoms with Crippen molar-refractivity contribution in [3.63, 3.8) is 0 Å². The number of nitrogens with one attached hydrogen (secondary N) is 1. The Hall–Kier alpha value is -4.18. The molecule has 3 aromatic heterocycles. The first kappa shape index (κ1) is 23.6. The average Bonchev–Trinajstić information content (AvgIpc) is 3.40. The highest BCUT2D eigenvalue weighted by atomic mass is 35.5. The van der Waals surface area contributed by atoms with E-state index >= 15 is 0 Å². The summed E-state index contributed by atoms with van der Waals surface area (Å²) in [5.74, 6) is 0.234. The summed E-state index contributed by atoms with van der Waals surface area (Å²) in [6, 6.07) is 8.79. The van der Waals surface area contributed by atoms with E-state index in [0.29, 0.717) is 70.0 Å². The molecule has 0 atom stereocenters. The molecular formula is C25H24ClN7O3. The van der Waals surface area contributed by atoms with Crippen LogP contribution >= 0.6 is 11.6 Å². The lowest BCUT2D eigenvalue weighted by atomic mass is 10.1. The first-order chi connectivity index (χ1) is 17.4. The predicted molar refractivity (Wildman–Crippen MR) is 136 cm³/mol. The van der Waals surface area contributed by atoms with Crippen LogP contribution in [0.3, 0.4) is 0 Å². The first-order valence-electron chi connectivity index (χ1n) is 11.4. The summed E-state index contributed by atoms with van der Waals surface area (Å²) >= 11 is 6.51. The van der Waals surface area contributed by atoms with Crippen molar-refractivity contribution in [3.8, 4) is 17.1 Å². The number of anilines is 1. The Morgan fingerprint density at radius 3 is 2.86 bits per heavy atom. The number of hydrogen-bond donors (Lipinski definition) is 1. The van der Waals surface area contributed by atoms with E-state index in [2.05, 4.69) is 27.0 Å². The summed E-state index contributed by atoms with van der Waals surface area (Å²) in [6.45, 7) is 6.64. The normalized spacial score (nSPS) is 14.2. The summed E-state index contributed by atoms with van der Waals surface area (Å²) in [6.07, 6.45) is 2.91. The zero-order valence-electron chi connectivity index (χ0n) is 19.9. The van der Waals surface area contributed by atoms with Gasteiger partial charge >= 0.3 is 0 Å². The molecule has 2 amide bonds.